The van der Waals surface area contributed by atoms with E-state index in [1.165, 1.54) is 24.5 Å². The third-order valence-corrected chi connectivity index (χ3v) is 4.51. The molecular weight excluding hydrogens is 375 g/mol. The molecule has 0 saturated carbocycles. The molecule has 2 aromatic carbocycles. The van der Waals surface area contributed by atoms with Crippen molar-refractivity contribution in [2.45, 2.75) is 13.5 Å². The van der Waals surface area contributed by atoms with Gasteiger partial charge < -0.3 is 19.5 Å². The van der Waals surface area contributed by atoms with E-state index in [0.29, 0.717) is 22.2 Å². The van der Waals surface area contributed by atoms with Gasteiger partial charge in [-0.2, -0.15) is 0 Å². The highest BCUT2D eigenvalue weighted by Gasteiger charge is 2.18. The Balaban J connectivity index is 1.39. The normalized spacial score (nSPS) is 10.8. The number of carbonyl (C=O) groups is 2. The van der Waals surface area contributed by atoms with E-state index < -0.39 is 0 Å². The van der Waals surface area contributed by atoms with Gasteiger partial charge in [0, 0.05) is 23.2 Å². The van der Waals surface area contributed by atoms with E-state index in [0.717, 1.165) is 5.56 Å². The fourth-order valence-electron chi connectivity index (χ4n) is 2.98. The molecule has 29 heavy (non-hydrogen) atoms. The van der Waals surface area contributed by atoms with E-state index >= 15 is 0 Å². The zero-order chi connectivity index (χ0) is 20.4. The second-order valence-corrected chi connectivity index (χ2v) is 6.51. The molecule has 4 rings (SSSR count). The predicted octanol–water partition coefficient (Wildman–Crippen LogP) is 4.66. The number of anilines is 1. The van der Waals surface area contributed by atoms with Crippen molar-refractivity contribution in [1.82, 2.24) is 5.32 Å². The van der Waals surface area contributed by atoms with Crippen molar-refractivity contribution in [1.29, 1.82) is 0 Å². The third-order valence-electron chi connectivity index (χ3n) is 4.51. The van der Waals surface area contributed by atoms with Gasteiger partial charge in [0.05, 0.1) is 6.26 Å². The Hall–Kier alpha value is -3.87. The average molecular weight is 392 g/mol. The van der Waals surface area contributed by atoms with Crippen LogP contribution in [0, 0.1) is 12.7 Å². The number of benzene rings is 2. The van der Waals surface area contributed by atoms with Crippen LogP contribution in [0.5, 0.6) is 0 Å². The number of halogens is 1. The molecule has 2 amide bonds. The number of nitrogens with one attached hydrogen (secondary N) is 2. The molecule has 146 valence electrons. The maximum Gasteiger partial charge on any atom is 0.291 e. The fraction of sp³-hybridized carbons (Fsp3) is 0.0909. The van der Waals surface area contributed by atoms with Gasteiger partial charge in [-0.25, -0.2) is 4.39 Å². The van der Waals surface area contributed by atoms with Gasteiger partial charge in [0.25, 0.3) is 11.8 Å². The molecule has 0 unspecified atom stereocenters. The molecule has 4 aromatic rings. The summed E-state index contributed by atoms with van der Waals surface area (Å²) in [7, 11) is 0. The predicted molar refractivity (Wildman–Crippen MR) is 105 cm³/mol. The van der Waals surface area contributed by atoms with Crippen molar-refractivity contribution < 1.29 is 22.8 Å². The number of hydrogen-bond donors (Lipinski definition) is 2. The van der Waals surface area contributed by atoms with Crippen molar-refractivity contribution in [2.24, 2.45) is 0 Å². The molecule has 0 aliphatic heterocycles. The molecule has 2 N–H and O–H groups in total. The summed E-state index contributed by atoms with van der Waals surface area (Å²) < 4.78 is 24.0. The van der Waals surface area contributed by atoms with E-state index in [-0.39, 0.29) is 35.7 Å². The van der Waals surface area contributed by atoms with Crippen molar-refractivity contribution in [3.63, 3.8) is 0 Å². The van der Waals surface area contributed by atoms with E-state index in [9.17, 15) is 14.0 Å². The second kappa shape index (κ2) is 7.63. The van der Waals surface area contributed by atoms with Crippen LogP contribution in [0.2, 0.25) is 0 Å². The average Bonchev–Trinajstić information content (AvgIpc) is 3.36. The maximum absolute atomic E-state index is 13.4. The second-order valence-electron chi connectivity index (χ2n) is 6.51. The van der Waals surface area contributed by atoms with Gasteiger partial charge in [0.1, 0.15) is 11.4 Å². The zero-order valence-corrected chi connectivity index (χ0v) is 15.5. The van der Waals surface area contributed by atoms with E-state index in [2.05, 4.69) is 10.6 Å². The van der Waals surface area contributed by atoms with Crippen LogP contribution in [-0.2, 0) is 6.54 Å². The molecule has 0 radical (unpaired) electrons. The van der Waals surface area contributed by atoms with Crippen molar-refractivity contribution in [2.75, 3.05) is 5.32 Å². The highest BCUT2D eigenvalue weighted by molar-refractivity contribution is 6.02. The van der Waals surface area contributed by atoms with Crippen molar-refractivity contribution in [3.05, 3.63) is 89.3 Å². The van der Waals surface area contributed by atoms with E-state index in [4.69, 9.17) is 8.83 Å². The van der Waals surface area contributed by atoms with Gasteiger partial charge in [0.2, 0.25) is 0 Å². The smallest absolute Gasteiger partial charge is 0.291 e. The highest BCUT2D eigenvalue weighted by atomic mass is 19.1. The Morgan fingerprint density at radius 1 is 1.03 bits per heavy atom. The molecule has 0 aliphatic carbocycles. The standard InChI is InChI=1S/C22H17FN2O4/c1-13-17-11-15(23)6-9-18(17)29-20(13)22(27)24-12-14-4-7-16(8-5-14)25-21(26)19-3-2-10-28-19/h2-11H,12H2,1H3,(H,24,27)(H,25,26). The summed E-state index contributed by atoms with van der Waals surface area (Å²) in [5.41, 5.74) is 2.50. The lowest BCUT2D eigenvalue weighted by Crippen LogP contribution is -2.23. The van der Waals surface area contributed by atoms with Gasteiger partial charge in [-0.3, -0.25) is 9.59 Å². The van der Waals surface area contributed by atoms with Crippen molar-refractivity contribution in [3.8, 4) is 0 Å². The minimum Gasteiger partial charge on any atom is -0.459 e. The van der Waals surface area contributed by atoms with Crippen LogP contribution in [-0.4, -0.2) is 11.8 Å². The molecule has 2 heterocycles. The van der Waals surface area contributed by atoms with Crippen LogP contribution in [0.4, 0.5) is 10.1 Å². The van der Waals surface area contributed by atoms with Crippen LogP contribution < -0.4 is 10.6 Å². The summed E-state index contributed by atoms with van der Waals surface area (Å²) in [5.74, 6) is -0.717. The molecule has 0 saturated heterocycles. The Morgan fingerprint density at radius 2 is 1.83 bits per heavy atom. The third kappa shape index (κ3) is 3.89. The number of fused-ring (bicyclic) bond motifs is 1. The molecule has 0 bridgehead atoms. The zero-order valence-electron chi connectivity index (χ0n) is 15.5. The first-order valence-corrected chi connectivity index (χ1v) is 8.92. The number of carbonyl (C=O) groups excluding carboxylic acids is 2. The minimum atomic E-state index is -0.382. The van der Waals surface area contributed by atoms with Crippen LogP contribution in [0.3, 0.4) is 0 Å². The van der Waals surface area contributed by atoms with Crippen LogP contribution in [0.25, 0.3) is 11.0 Å². The molecular formula is C22H17FN2O4. The summed E-state index contributed by atoms with van der Waals surface area (Å²) in [6.45, 7) is 1.99. The molecule has 2 aromatic heterocycles. The molecule has 7 heteroatoms. The number of hydrogen-bond acceptors (Lipinski definition) is 4. The summed E-state index contributed by atoms with van der Waals surface area (Å²) in [5, 5.41) is 6.08. The number of amides is 2. The van der Waals surface area contributed by atoms with Crippen LogP contribution in [0.1, 0.15) is 32.2 Å². The number of furan rings is 2. The summed E-state index contributed by atoms with van der Waals surface area (Å²) in [6.07, 6.45) is 1.43. The fourth-order valence-corrected chi connectivity index (χ4v) is 2.98. The molecule has 0 aliphatic rings. The lowest BCUT2D eigenvalue weighted by atomic mass is 10.1. The van der Waals surface area contributed by atoms with Crippen LogP contribution >= 0.6 is 0 Å². The minimum absolute atomic E-state index is 0.160. The van der Waals surface area contributed by atoms with Gasteiger partial charge in [-0.05, 0) is 55.0 Å². The van der Waals surface area contributed by atoms with Gasteiger partial charge in [-0.15, -0.1) is 0 Å². The Bertz CT molecular complexity index is 1180. The lowest BCUT2D eigenvalue weighted by Gasteiger charge is -2.07. The number of aryl methyl sites for hydroxylation is 1. The van der Waals surface area contributed by atoms with Gasteiger partial charge >= 0.3 is 0 Å². The van der Waals surface area contributed by atoms with Crippen molar-refractivity contribution >= 4 is 28.5 Å². The molecule has 0 spiro atoms. The maximum atomic E-state index is 13.4. The first-order chi connectivity index (χ1) is 14.0. The summed E-state index contributed by atoms with van der Waals surface area (Å²) >= 11 is 0. The van der Waals surface area contributed by atoms with Gasteiger partial charge in [0.15, 0.2) is 11.5 Å². The first kappa shape index (κ1) is 18.5. The largest absolute Gasteiger partial charge is 0.459 e. The Labute approximate surface area is 165 Å². The highest BCUT2D eigenvalue weighted by Crippen LogP contribution is 2.26. The lowest BCUT2D eigenvalue weighted by molar-refractivity contribution is 0.0924. The summed E-state index contributed by atoms with van der Waals surface area (Å²) in [6, 6.07) is 14.4. The van der Waals surface area contributed by atoms with E-state index in [1.54, 1.807) is 43.3 Å². The molecule has 0 fully saturated rings. The molecule has 0 atom stereocenters. The van der Waals surface area contributed by atoms with Gasteiger partial charge in [-0.1, -0.05) is 12.1 Å². The topological polar surface area (TPSA) is 84.5 Å². The Kier molecular flexibility index (Phi) is 4.87. The molecule has 6 nitrogen and oxygen atoms in total. The van der Waals surface area contributed by atoms with Crippen LogP contribution in [0.15, 0.2) is 69.7 Å². The van der Waals surface area contributed by atoms with E-state index in [1.807, 2.05) is 0 Å². The SMILES string of the molecule is Cc1c(C(=O)NCc2ccc(NC(=O)c3ccco3)cc2)oc2ccc(F)cc12. The summed E-state index contributed by atoms with van der Waals surface area (Å²) in [4.78, 5) is 24.4. The number of rotatable bonds is 5. The first-order valence-electron chi connectivity index (χ1n) is 8.92. The monoisotopic (exact) mass is 392 g/mol. The Morgan fingerprint density at radius 3 is 2.55 bits per heavy atom. The quantitative estimate of drug-likeness (QED) is 0.518.